The number of rotatable bonds is 0. The van der Waals surface area contributed by atoms with Gasteiger partial charge in [0.1, 0.15) is 0 Å². The molecule has 0 aromatic carbocycles. The van der Waals surface area contributed by atoms with Crippen LogP contribution in [0.3, 0.4) is 0 Å². The van der Waals surface area contributed by atoms with E-state index in [1.807, 2.05) is 0 Å². The smallest absolute Gasteiger partial charge is 0.0716 e. The molecule has 2 aliphatic rings. The van der Waals surface area contributed by atoms with E-state index in [-0.39, 0.29) is 7.43 Å². The molecule has 2 bridgehead atoms. The van der Waals surface area contributed by atoms with Gasteiger partial charge in [0.25, 0.3) is 0 Å². The summed E-state index contributed by atoms with van der Waals surface area (Å²) in [4.78, 5) is 0. The van der Waals surface area contributed by atoms with Crippen molar-refractivity contribution in [3.05, 3.63) is 0 Å². The van der Waals surface area contributed by atoms with Crippen molar-refractivity contribution < 1.29 is 4.74 Å². The Morgan fingerprint density at radius 3 is 2.50 bits per heavy atom. The van der Waals surface area contributed by atoms with E-state index >= 15 is 0 Å². The molecular formula is C6H13NO. The molecule has 0 amide bonds. The van der Waals surface area contributed by atoms with E-state index in [0.29, 0.717) is 12.1 Å². The number of fused-ring (bicyclic) bond motifs is 2. The second kappa shape index (κ2) is 2.03. The SMILES string of the molecule is C.C1O[C@H]2CN[C@@H]1C2. The zero-order chi connectivity index (χ0) is 4.69. The summed E-state index contributed by atoms with van der Waals surface area (Å²) < 4.78 is 5.29. The summed E-state index contributed by atoms with van der Waals surface area (Å²) in [6.07, 6.45) is 1.81. The summed E-state index contributed by atoms with van der Waals surface area (Å²) in [5.74, 6) is 0. The highest BCUT2D eigenvalue weighted by Gasteiger charge is 2.31. The van der Waals surface area contributed by atoms with Gasteiger partial charge in [0.05, 0.1) is 12.7 Å². The van der Waals surface area contributed by atoms with Crippen molar-refractivity contribution in [2.75, 3.05) is 13.2 Å². The van der Waals surface area contributed by atoms with Crippen molar-refractivity contribution in [1.82, 2.24) is 5.32 Å². The fourth-order valence-corrected chi connectivity index (χ4v) is 1.29. The van der Waals surface area contributed by atoms with Gasteiger partial charge in [-0.3, -0.25) is 0 Å². The number of ether oxygens (including phenoxy) is 1. The van der Waals surface area contributed by atoms with Gasteiger partial charge < -0.3 is 10.1 Å². The second-order valence-electron chi connectivity index (χ2n) is 2.30. The first-order chi connectivity index (χ1) is 3.45. The summed E-state index contributed by atoms with van der Waals surface area (Å²) in [7, 11) is 0. The molecule has 2 atom stereocenters. The van der Waals surface area contributed by atoms with Crippen molar-refractivity contribution in [2.24, 2.45) is 0 Å². The monoisotopic (exact) mass is 115 g/mol. The predicted molar refractivity (Wildman–Crippen MR) is 32.9 cm³/mol. The molecule has 0 aromatic heterocycles. The molecule has 2 heterocycles. The summed E-state index contributed by atoms with van der Waals surface area (Å²) in [5.41, 5.74) is 0. The lowest BCUT2D eigenvalue weighted by Crippen LogP contribution is -2.30. The minimum Gasteiger partial charge on any atom is -0.375 e. The molecule has 0 aliphatic carbocycles. The third-order valence-electron chi connectivity index (χ3n) is 1.71. The molecule has 2 rings (SSSR count). The van der Waals surface area contributed by atoms with Crippen LogP contribution in [0.25, 0.3) is 0 Å². The molecule has 48 valence electrons. The Labute approximate surface area is 50.2 Å². The second-order valence-corrected chi connectivity index (χ2v) is 2.30. The molecule has 0 saturated carbocycles. The van der Waals surface area contributed by atoms with Gasteiger partial charge in [0.15, 0.2) is 0 Å². The Balaban J connectivity index is 0.000000320. The molecule has 8 heavy (non-hydrogen) atoms. The van der Waals surface area contributed by atoms with Gasteiger partial charge >= 0.3 is 0 Å². The van der Waals surface area contributed by atoms with Crippen LogP contribution in [0.15, 0.2) is 0 Å². The van der Waals surface area contributed by atoms with Crippen LogP contribution in [-0.2, 0) is 4.74 Å². The third-order valence-corrected chi connectivity index (χ3v) is 1.71. The van der Waals surface area contributed by atoms with E-state index in [2.05, 4.69) is 5.32 Å². The van der Waals surface area contributed by atoms with E-state index in [1.54, 1.807) is 0 Å². The normalized spacial score (nSPS) is 42.0. The van der Waals surface area contributed by atoms with Crippen LogP contribution in [0.1, 0.15) is 13.8 Å². The zero-order valence-electron chi connectivity index (χ0n) is 4.18. The molecule has 0 aromatic rings. The average molecular weight is 115 g/mol. The Hall–Kier alpha value is -0.0800. The number of morpholine rings is 1. The fourth-order valence-electron chi connectivity index (χ4n) is 1.29. The Kier molecular flexibility index (Phi) is 1.54. The van der Waals surface area contributed by atoms with Crippen LogP contribution in [0.4, 0.5) is 0 Å². The Morgan fingerprint density at radius 2 is 2.38 bits per heavy atom. The van der Waals surface area contributed by atoms with Crippen LogP contribution in [-0.4, -0.2) is 25.3 Å². The van der Waals surface area contributed by atoms with Crippen LogP contribution >= 0.6 is 0 Å². The van der Waals surface area contributed by atoms with E-state index in [4.69, 9.17) is 4.74 Å². The average Bonchev–Trinajstić information content (AvgIpc) is 2.22. The van der Waals surface area contributed by atoms with Crippen LogP contribution in [0.2, 0.25) is 0 Å². The van der Waals surface area contributed by atoms with Crippen LogP contribution in [0.5, 0.6) is 0 Å². The number of hydrogen-bond acceptors (Lipinski definition) is 2. The van der Waals surface area contributed by atoms with Gasteiger partial charge in [0.2, 0.25) is 0 Å². The zero-order valence-corrected chi connectivity index (χ0v) is 4.18. The number of nitrogens with one attached hydrogen (secondary N) is 1. The highest BCUT2D eigenvalue weighted by Crippen LogP contribution is 2.17. The fraction of sp³-hybridized carbons (Fsp3) is 1.00. The molecule has 2 saturated heterocycles. The van der Waals surface area contributed by atoms with Gasteiger partial charge in [-0.05, 0) is 6.42 Å². The lowest BCUT2D eigenvalue weighted by molar-refractivity contribution is 0.0892. The van der Waals surface area contributed by atoms with Crippen molar-refractivity contribution in [3.63, 3.8) is 0 Å². The van der Waals surface area contributed by atoms with Crippen molar-refractivity contribution in [1.29, 1.82) is 0 Å². The van der Waals surface area contributed by atoms with Crippen LogP contribution in [0, 0.1) is 0 Å². The third kappa shape index (κ3) is 0.740. The first-order valence-corrected chi connectivity index (χ1v) is 2.80. The van der Waals surface area contributed by atoms with E-state index < -0.39 is 0 Å². The van der Waals surface area contributed by atoms with Gasteiger partial charge in [0, 0.05) is 12.6 Å². The maximum atomic E-state index is 5.29. The van der Waals surface area contributed by atoms with Gasteiger partial charge in [-0.25, -0.2) is 0 Å². The van der Waals surface area contributed by atoms with Gasteiger partial charge in [-0.15, -0.1) is 0 Å². The Morgan fingerprint density at radius 1 is 1.50 bits per heavy atom. The maximum absolute atomic E-state index is 5.29. The topological polar surface area (TPSA) is 21.3 Å². The minimum atomic E-state index is 0. The summed E-state index contributed by atoms with van der Waals surface area (Å²) in [6, 6.07) is 0.699. The lowest BCUT2D eigenvalue weighted by atomic mass is 10.3. The van der Waals surface area contributed by atoms with E-state index in [0.717, 1.165) is 13.2 Å². The summed E-state index contributed by atoms with van der Waals surface area (Å²) in [5, 5.41) is 3.33. The lowest BCUT2D eigenvalue weighted by Gasteiger charge is -2.09. The quantitative estimate of drug-likeness (QED) is 0.493. The van der Waals surface area contributed by atoms with E-state index in [9.17, 15) is 0 Å². The van der Waals surface area contributed by atoms with Crippen molar-refractivity contribution in [2.45, 2.75) is 26.0 Å². The molecule has 2 heteroatoms. The van der Waals surface area contributed by atoms with Crippen LogP contribution < -0.4 is 5.32 Å². The van der Waals surface area contributed by atoms with Gasteiger partial charge in [-0.1, -0.05) is 7.43 Å². The standard InChI is InChI=1S/C5H9NO.CH4/c1-4-3-7-5(1)2-6-4;/h4-6H,1-3H2;1H4/t4-,5-;/m1./s1. The van der Waals surface area contributed by atoms with Gasteiger partial charge in [-0.2, -0.15) is 0 Å². The molecule has 0 radical (unpaired) electrons. The van der Waals surface area contributed by atoms with Crippen molar-refractivity contribution in [3.8, 4) is 0 Å². The molecule has 2 fully saturated rings. The van der Waals surface area contributed by atoms with E-state index in [1.165, 1.54) is 6.42 Å². The first kappa shape index (κ1) is 6.05. The molecular weight excluding hydrogens is 102 g/mol. The summed E-state index contributed by atoms with van der Waals surface area (Å²) in [6.45, 7) is 2.04. The largest absolute Gasteiger partial charge is 0.375 e. The molecule has 0 spiro atoms. The minimum absolute atomic E-state index is 0. The summed E-state index contributed by atoms with van der Waals surface area (Å²) >= 11 is 0. The highest BCUT2D eigenvalue weighted by atomic mass is 16.5. The first-order valence-electron chi connectivity index (χ1n) is 2.80. The molecule has 0 unspecified atom stereocenters. The predicted octanol–water partition coefficient (Wildman–Crippen LogP) is 0.383. The van der Waals surface area contributed by atoms with Crippen molar-refractivity contribution >= 4 is 0 Å². The molecule has 2 nitrogen and oxygen atoms in total. The molecule has 2 aliphatic heterocycles. The molecule has 1 N–H and O–H groups in total. The Bertz CT molecular complexity index is 66.6. The maximum Gasteiger partial charge on any atom is 0.0716 e. The highest BCUT2D eigenvalue weighted by molar-refractivity contribution is 4.87. The number of hydrogen-bond donors (Lipinski definition) is 1.